The van der Waals surface area contributed by atoms with E-state index in [0.29, 0.717) is 10.7 Å². The number of nitrogens with zero attached hydrogens (tertiary/aromatic N) is 2. The summed E-state index contributed by atoms with van der Waals surface area (Å²) in [6.45, 7) is 1.78. The monoisotopic (exact) mass is 367 g/mol. The molecule has 1 aliphatic heterocycles. The molecule has 26 heavy (non-hydrogen) atoms. The van der Waals surface area contributed by atoms with Gasteiger partial charge in [0.1, 0.15) is 5.15 Å². The van der Waals surface area contributed by atoms with Crippen LogP contribution in [0.5, 0.6) is 0 Å². The molecule has 4 rings (SSSR count). The first-order chi connectivity index (χ1) is 12.8. The Labute approximate surface area is 158 Å². The molecule has 4 nitrogen and oxygen atoms in total. The number of nitrogens with one attached hydrogen (secondary N) is 1. The zero-order valence-electron chi connectivity index (χ0n) is 14.6. The third-order valence-electron chi connectivity index (χ3n) is 4.92. The van der Waals surface area contributed by atoms with Gasteiger partial charge in [0.05, 0.1) is 11.1 Å². The van der Waals surface area contributed by atoms with Crippen LogP contribution in [0.25, 0.3) is 16.6 Å². The first-order valence-electron chi connectivity index (χ1n) is 9.16. The molecule has 0 saturated carbocycles. The Kier molecular flexibility index (Phi) is 4.96. The second-order valence-electron chi connectivity index (χ2n) is 6.70. The van der Waals surface area contributed by atoms with Gasteiger partial charge in [0.2, 0.25) is 0 Å². The van der Waals surface area contributed by atoms with E-state index >= 15 is 0 Å². The lowest BCUT2D eigenvalue weighted by molar-refractivity contribution is 0.0796. The van der Waals surface area contributed by atoms with E-state index < -0.39 is 0 Å². The van der Waals surface area contributed by atoms with Crippen molar-refractivity contribution < 1.29 is 4.79 Å². The molecule has 2 heterocycles. The number of para-hydroxylation sites is 2. The van der Waals surface area contributed by atoms with Gasteiger partial charge in [0.25, 0.3) is 5.91 Å². The number of benzene rings is 2. The first-order valence-corrected chi connectivity index (χ1v) is 9.54. The fraction of sp³-hybridized carbons (Fsp3) is 0.286. The summed E-state index contributed by atoms with van der Waals surface area (Å²) in [4.78, 5) is 13.1. The molecule has 0 spiro atoms. The predicted molar refractivity (Wildman–Crippen MR) is 106 cm³/mol. The summed E-state index contributed by atoms with van der Waals surface area (Å²) in [6.07, 6.45) is 4.67. The molecule has 0 bridgehead atoms. The highest BCUT2D eigenvalue weighted by atomic mass is 35.5. The van der Waals surface area contributed by atoms with E-state index in [1.165, 1.54) is 12.8 Å². The van der Waals surface area contributed by atoms with Crippen LogP contribution >= 0.6 is 11.6 Å². The highest BCUT2D eigenvalue weighted by Gasteiger charge is 2.23. The maximum atomic E-state index is 13.1. The van der Waals surface area contributed by atoms with E-state index in [4.69, 9.17) is 11.6 Å². The minimum absolute atomic E-state index is 0.136. The lowest BCUT2D eigenvalue weighted by Crippen LogP contribution is -2.42. The Balaban J connectivity index is 1.75. The fourth-order valence-electron chi connectivity index (χ4n) is 3.64. The van der Waals surface area contributed by atoms with Crippen molar-refractivity contribution in [2.45, 2.75) is 25.7 Å². The average molecular weight is 368 g/mol. The molecule has 1 aromatic heterocycles. The Morgan fingerprint density at radius 2 is 1.54 bits per heavy atom. The molecule has 1 amide bonds. The number of fused-ring (bicyclic) bond motifs is 1. The molecule has 0 aliphatic carbocycles. The van der Waals surface area contributed by atoms with E-state index in [-0.39, 0.29) is 5.91 Å². The van der Waals surface area contributed by atoms with E-state index in [1.54, 1.807) is 0 Å². The van der Waals surface area contributed by atoms with Gasteiger partial charge in [-0.1, -0.05) is 60.8 Å². The molecule has 2 aromatic carbocycles. The molecule has 0 radical (unpaired) electrons. The van der Waals surface area contributed by atoms with Crippen LogP contribution in [0, 0.1) is 0 Å². The van der Waals surface area contributed by atoms with Gasteiger partial charge in [-0.3, -0.25) is 14.8 Å². The quantitative estimate of drug-likeness (QED) is 0.721. The Hall–Kier alpha value is -2.30. The zero-order chi connectivity index (χ0) is 17.9. The number of hydrazine groups is 1. The predicted octanol–water partition coefficient (Wildman–Crippen LogP) is 4.80. The highest BCUT2D eigenvalue weighted by Crippen LogP contribution is 2.33. The number of halogens is 1. The van der Waals surface area contributed by atoms with Gasteiger partial charge in [-0.05, 0) is 31.0 Å². The minimum Gasteiger partial charge on any atom is -0.299 e. The van der Waals surface area contributed by atoms with E-state index in [1.807, 2.05) is 64.2 Å². The van der Waals surface area contributed by atoms with Gasteiger partial charge in [-0.25, -0.2) is 5.01 Å². The zero-order valence-corrected chi connectivity index (χ0v) is 15.4. The lowest BCUT2D eigenvalue weighted by atomic mass is 10.1. The van der Waals surface area contributed by atoms with Crippen molar-refractivity contribution in [3.05, 3.63) is 65.3 Å². The third-order valence-corrected chi connectivity index (χ3v) is 5.28. The number of carbonyl (C=O) groups is 1. The molecule has 1 N–H and O–H groups in total. The molecule has 1 saturated heterocycles. The standard InChI is InChI=1S/C21H22ClN3O/c22-20-19(21(26)23-24-14-8-1-2-9-15-24)17-12-6-7-13-18(17)25(20)16-10-4-3-5-11-16/h3-7,10-13H,1-2,8-9,14-15H2,(H,23,26). The number of amides is 1. The molecule has 0 unspecified atom stereocenters. The number of carbonyl (C=O) groups excluding carboxylic acids is 1. The van der Waals surface area contributed by atoms with E-state index in [0.717, 1.165) is 42.5 Å². The summed E-state index contributed by atoms with van der Waals surface area (Å²) >= 11 is 6.72. The van der Waals surface area contributed by atoms with Crippen LogP contribution in [0.15, 0.2) is 54.6 Å². The van der Waals surface area contributed by atoms with Gasteiger partial charge in [0.15, 0.2) is 0 Å². The van der Waals surface area contributed by atoms with Crippen LogP contribution in [-0.2, 0) is 0 Å². The maximum Gasteiger partial charge on any atom is 0.269 e. The molecule has 134 valence electrons. The van der Waals surface area contributed by atoms with Crippen molar-refractivity contribution in [2.24, 2.45) is 0 Å². The molecular formula is C21H22ClN3O. The number of hydrogen-bond acceptors (Lipinski definition) is 2. The van der Waals surface area contributed by atoms with Gasteiger partial charge >= 0.3 is 0 Å². The van der Waals surface area contributed by atoms with Gasteiger partial charge < -0.3 is 0 Å². The molecule has 1 fully saturated rings. The Bertz CT molecular complexity index is 912. The summed E-state index contributed by atoms with van der Waals surface area (Å²) in [7, 11) is 0. The van der Waals surface area contributed by atoms with Crippen LogP contribution in [0.2, 0.25) is 5.15 Å². The third kappa shape index (κ3) is 3.22. The average Bonchev–Trinajstić information content (AvgIpc) is 2.79. The Morgan fingerprint density at radius 1 is 0.885 bits per heavy atom. The van der Waals surface area contributed by atoms with Gasteiger partial charge in [-0.2, -0.15) is 0 Å². The smallest absolute Gasteiger partial charge is 0.269 e. The van der Waals surface area contributed by atoms with Crippen molar-refractivity contribution >= 4 is 28.4 Å². The van der Waals surface area contributed by atoms with Crippen molar-refractivity contribution in [3.63, 3.8) is 0 Å². The molecule has 0 atom stereocenters. The minimum atomic E-state index is -0.136. The largest absolute Gasteiger partial charge is 0.299 e. The SMILES string of the molecule is O=C(NN1CCCCCC1)c1c(Cl)n(-c2ccccc2)c2ccccc12. The first kappa shape index (κ1) is 17.1. The van der Waals surface area contributed by atoms with Gasteiger partial charge in [0, 0.05) is 24.2 Å². The summed E-state index contributed by atoms with van der Waals surface area (Å²) in [6, 6.07) is 17.8. The topological polar surface area (TPSA) is 37.3 Å². The second-order valence-corrected chi connectivity index (χ2v) is 7.05. The summed E-state index contributed by atoms with van der Waals surface area (Å²) in [5.41, 5.74) is 5.49. The normalized spacial score (nSPS) is 15.7. The van der Waals surface area contributed by atoms with Crippen LogP contribution in [0.4, 0.5) is 0 Å². The number of aromatic nitrogens is 1. The van der Waals surface area contributed by atoms with Crippen molar-refractivity contribution in [2.75, 3.05) is 13.1 Å². The van der Waals surface area contributed by atoms with Crippen molar-refractivity contribution in [1.29, 1.82) is 0 Å². The van der Waals surface area contributed by atoms with Crippen LogP contribution in [0.1, 0.15) is 36.0 Å². The molecular weight excluding hydrogens is 346 g/mol. The van der Waals surface area contributed by atoms with Crippen LogP contribution in [0.3, 0.4) is 0 Å². The summed E-state index contributed by atoms with van der Waals surface area (Å²) in [5, 5.41) is 3.35. The van der Waals surface area contributed by atoms with Crippen molar-refractivity contribution in [3.8, 4) is 5.69 Å². The van der Waals surface area contributed by atoms with Gasteiger partial charge in [-0.15, -0.1) is 0 Å². The number of rotatable bonds is 3. The fourth-order valence-corrected chi connectivity index (χ4v) is 4.01. The molecule has 3 aromatic rings. The Morgan fingerprint density at radius 3 is 2.27 bits per heavy atom. The van der Waals surface area contributed by atoms with E-state index in [9.17, 15) is 4.79 Å². The molecule has 1 aliphatic rings. The van der Waals surface area contributed by atoms with Crippen LogP contribution < -0.4 is 5.43 Å². The van der Waals surface area contributed by atoms with Crippen molar-refractivity contribution in [1.82, 2.24) is 15.0 Å². The van der Waals surface area contributed by atoms with Crippen LogP contribution in [-0.4, -0.2) is 28.6 Å². The second kappa shape index (κ2) is 7.52. The maximum absolute atomic E-state index is 13.1. The highest BCUT2D eigenvalue weighted by molar-refractivity contribution is 6.35. The number of hydrogen-bond donors (Lipinski definition) is 1. The summed E-state index contributed by atoms with van der Waals surface area (Å²) < 4.78 is 1.94. The van der Waals surface area contributed by atoms with E-state index in [2.05, 4.69) is 5.43 Å². The molecule has 5 heteroatoms. The lowest BCUT2D eigenvalue weighted by Gasteiger charge is -2.20. The summed E-state index contributed by atoms with van der Waals surface area (Å²) in [5.74, 6) is -0.136.